The molecule has 0 spiro atoms. The number of rotatable bonds is 6. The number of carbonyl (C=O) groups excluding carboxylic acids is 2. The normalized spacial score (nSPS) is 15.5. The number of carbonyl (C=O) groups is 2. The van der Waals surface area contributed by atoms with Crippen molar-refractivity contribution in [3.63, 3.8) is 0 Å². The van der Waals surface area contributed by atoms with Crippen LogP contribution in [-0.2, 0) is 0 Å². The molecule has 5 rings (SSSR count). The summed E-state index contributed by atoms with van der Waals surface area (Å²) in [4.78, 5) is 36.3. The van der Waals surface area contributed by atoms with Gasteiger partial charge in [-0.2, -0.15) is 5.10 Å². The number of urea groups is 1. The molecule has 0 aliphatic carbocycles. The lowest BCUT2D eigenvalue weighted by atomic mass is 10.0. The molecule has 1 aliphatic rings. The summed E-state index contributed by atoms with van der Waals surface area (Å²) in [5.74, 6) is -0.0000106. The molecule has 1 saturated heterocycles. The third-order valence-electron chi connectivity index (χ3n) is 7.12. The summed E-state index contributed by atoms with van der Waals surface area (Å²) in [5, 5.41) is 10.4. The maximum atomic E-state index is 13.7. The quantitative estimate of drug-likeness (QED) is 0.265. The Labute approximate surface area is 243 Å². The molecular weight excluding hydrogens is 541 g/mol. The average Bonchev–Trinajstić information content (AvgIpc) is 3.61. The number of nitrogens with zero attached hydrogens (tertiary/aromatic N) is 5. The van der Waals surface area contributed by atoms with Gasteiger partial charge in [0.1, 0.15) is 0 Å². The Morgan fingerprint density at radius 3 is 2.45 bits per heavy atom. The van der Waals surface area contributed by atoms with Crippen LogP contribution >= 0.6 is 23.1 Å². The van der Waals surface area contributed by atoms with Crippen molar-refractivity contribution < 1.29 is 9.59 Å². The summed E-state index contributed by atoms with van der Waals surface area (Å²) >= 11 is 3.17. The van der Waals surface area contributed by atoms with Gasteiger partial charge >= 0.3 is 6.03 Å². The van der Waals surface area contributed by atoms with Gasteiger partial charge in [0.25, 0.3) is 5.91 Å². The number of thioether (sulfide) groups is 1. The molecule has 2 aromatic heterocycles. The monoisotopic (exact) mass is 574 g/mol. The van der Waals surface area contributed by atoms with Crippen LogP contribution in [-0.4, -0.2) is 68.4 Å². The molecule has 1 fully saturated rings. The van der Waals surface area contributed by atoms with E-state index in [0.717, 1.165) is 32.7 Å². The SMILES string of the molecule is CSc1ccc(NC(=O)N2CCN(C(=O)c3cnn(-c4nc(-c5ccc(C)cc5)cs4)c3C(C)C)CC2C)cc1. The van der Waals surface area contributed by atoms with Crippen molar-refractivity contribution in [1.29, 1.82) is 0 Å². The van der Waals surface area contributed by atoms with E-state index in [1.54, 1.807) is 27.5 Å². The second kappa shape index (κ2) is 11.9. The number of hydrogen-bond acceptors (Lipinski definition) is 6. The van der Waals surface area contributed by atoms with Gasteiger partial charge in [0.15, 0.2) is 0 Å². The highest BCUT2D eigenvalue weighted by Gasteiger charge is 2.33. The first kappa shape index (κ1) is 27.9. The number of hydrogen-bond donors (Lipinski definition) is 1. The van der Waals surface area contributed by atoms with E-state index in [1.165, 1.54) is 16.9 Å². The van der Waals surface area contributed by atoms with E-state index in [9.17, 15) is 9.59 Å². The fourth-order valence-electron chi connectivity index (χ4n) is 4.93. The van der Waals surface area contributed by atoms with E-state index < -0.39 is 0 Å². The highest BCUT2D eigenvalue weighted by molar-refractivity contribution is 7.98. The third kappa shape index (κ3) is 5.78. The number of aromatic nitrogens is 3. The molecule has 208 valence electrons. The van der Waals surface area contributed by atoms with E-state index >= 15 is 0 Å². The zero-order valence-electron chi connectivity index (χ0n) is 23.4. The Morgan fingerprint density at radius 2 is 1.80 bits per heavy atom. The highest BCUT2D eigenvalue weighted by atomic mass is 32.2. The molecule has 10 heteroatoms. The first-order valence-corrected chi connectivity index (χ1v) is 15.5. The van der Waals surface area contributed by atoms with E-state index in [-0.39, 0.29) is 23.9 Å². The van der Waals surface area contributed by atoms with Crippen LogP contribution in [0, 0.1) is 6.92 Å². The van der Waals surface area contributed by atoms with Gasteiger partial charge < -0.3 is 15.1 Å². The lowest BCUT2D eigenvalue weighted by molar-refractivity contribution is 0.0590. The summed E-state index contributed by atoms with van der Waals surface area (Å²) in [6.07, 6.45) is 3.68. The van der Waals surface area contributed by atoms with E-state index in [4.69, 9.17) is 4.98 Å². The molecule has 0 saturated carbocycles. The van der Waals surface area contributed by atoms with Crippen LogP contribution < -0.4 is 5.32 Å². The molecule has 3 heterocycles. The fourth-order valence-corrected chi connectivity index (χ4v) is 6.14. The number of nitrogens with one attached hydrogen (secondary N) is 1. The van der Waals surface area contributed by atoms with Gasteiger partial charge in [-0.25, -0.2) is 14.5 Å². The first-order valence-electron chi connectivity index (χ1n) is 13.4. The highest BCUT2D eigenvalue weighted by Crippen LogP contribution is 2.29. The maximum absolute atomic E-state index is 13.7. The zero-order valence-corrected chi connectivity index (χ0v) is 25.1. The predicted molar refractivity (Wildman–Crippen MR) is 163 cm³/mol. The molecule has 2 aromatic carbocycles. The van der Waals surface area contributed by atoms with Crippen LogP contribution in [0.15, 0.2) is 65.0 Å². The fraction of sp³-hybridized carbons (Fsp3) is 0.333. The molecule has 1 unspecified atom stereocenters. The van der Waals surface area contributed by atoms with Gasteiger partial charge in [-0.05, 0) is 50.3 Å². The Balaban J connectivity index is 1.29. The molecule has 3 amide bonds. The largest absolute Gasteiger partial charge is 0.335 e. The van der Waals surface area contributed by atoms with Crippen molar-refractivity contribution in [3.05, 3.63) is 76.9 Å². The molecule has 8 nitrogen and oxygen atoms in total. The van der Waals surface area contributed by atoms with Crippen LogP contribution in [0.4, 0.5) is 10.5 Å². The summed E-state index contributed by atoms with van der Waals surface area (Å²) in [6.45, 7) is 9.54. The topological polar surface area (TPSA) is 83.4 Å². The zero-order chi connectivity index (χ0) is 28.4. The molecule has 1 aliphatic heterocycles. The van der Waals surface area contributed by atoms with Gasteiger partial charge in [0.05, 0.1) is 23.1 Å². The van der Waals surface area contributed by atoms with Crippen molar-refractivity contribution in [2.75, 3.05) is 31.2 Å². The summed E-state index contributed by atoms with van der Waals surface area (Å²) < 4.78 is 1.80. The second-order valence-corrected chi connectivity index (χ2v) is 12.1. The minimum absolute atomic E-state index is 0.0650. The summed E-state index contributed by atoms with van der Waals surface area (Å²) in [5.41, 5.74) is 5.33. The van der Waals surface area contributed by atoms with E-state index in [0.29, 0.717) is 25.2 Å². The van der Waals surface area contributed by atoms with Crippen LogP contribution in [0.2, 0.25) is 0 Å². The van der Waals surface area contributed by atoms with Crippen LogP contribution in [0.3, 0.4) is 0 Å². The van der Waals surface area contributed by atoms with E-state index in [1.807, 2.05) is 47.7 Å². The van der Waals surface area contributed by atoms with Crippen LogP contribution in [0.25, 0.3) is 16.4 Å². The van der Waals surface area contributed by atoms with Gasteiger partial charge in [-0.3, -0.25) is 4.79 Å². The molecule has 4 aromatic rings. The number of thiazole rings is 1. The van der Waals surface area contributed by atoms with Gasteiger partial charge in [-0.15, -0.1) is 23.1 Å². The van der Waals surface area contributed by atoms with Gasteiger partial charge in [0.2, 0.25) is 5.13 Å². The number of benzene rings is 2. The van der Waals surface area contributed by atoms with Crippen molar-refractivity contribution in [2.24, 2.45) is 0 Å². The lowest BCUT2D eigenvalue weighted by Crippen LogP contribution is -2.56. The minimum Gasteiger partial charge on any atom is -0.335 e. The Hall–Kier alpha value is -3.63. The van der Waals surface area contributed by atoms with Gasteiger partial charge in [0, 0.05) is 47.2 Å². The number of piperazine rings is 1. The lowest BCUT2D eigenvalue weighted by Gasteiger charge is -2.39. The third-order valence-corrected chi connectivity index (χ3v) is 8.68. The molecule has 40 heavy (non-hydrogen) atoms. The molecule has 1 N–H and O–H groups in total. The number of amides is 3. The van der Waals surface area contributed by atoms with E-state index in [2.05, 4.69) is 55.5 Å². The number of anilines is 1. The van der Waals surface area contributed by atoms with Crippen LogP contribution in [0.5, 0.6) is 0 Å². The van der Waals surface area contributed by atoms with Crippen molar-refractivity contribution >= 4 is 40.7 Å². The smallest absolute Gasteiger partial charge is 0.322 e. The minimum atomic E-state index is -0.152. The Bertz CT molecular complexity index is 1490. The Morgan fingerprint density at radius 1 is 1.07 bits per heavy atom. The van der Waals surface area contributed by atoms with Crippen LogP contribution in [0.1, 0.15) is 48.3 Å². The predicted octanol–water partition coefficient (Wildman–Crippen LogP) is 6.53. The van der Waals surface area contributed by atoms with Crippen molar-refractivity contribution in [2.45, 2.75) is 44.6 Å². The molecule has 0 radical (unpaired) electrons. The van der Waals surface area contributed by atoms with Crippen molar-refractivity contribution in [1.82, 2.24) is 24.6 Å². The first-order chi connectivity index (χ1) is 19.2. The Kier molecular flexibility index (Phi) is 8.27. The van der Waals surface area contributed by atoms with Crippen molar-refractivity contribution in [3.8, 4) is 16.4 Å². The molecule has 0 bridgehead atoms. The molecular formula is C30H34N6O2S2. The summed E-state index contributed by atoms with van der Waals surface area (Å²) in [6, 6.07) is 15.8. The second-order valence-electron chi connectivity index (χ2n) is 10.3. The summed E-state index contributed by atoms with van der Waals surface area (Å²) in [7, 11) is 0. The average molecular weight is 575 g/mol. The standard InChI is InChI=1S/C30H34N6O2S2/c1-19(2)27-25(16-31-36(27)30-33-26(18-40-30)22-8-6-20(3)7-9-22)28(37)34-14-15-35(21(4)17-34)29(38)32-23-10-12-24(39-5)13-11-23/h6-13,16,18-19,21H,14-15,17H2,1-5H3,(H,32,38). The van der Waals surface area contributed by atoms with Gasteiger partial charge in [-0.1, -0.05) is 43.7 Å². The maximum Gasteiger partial charge on any atom is 0.322 e. The molecule has 1 atom stereocenters. The number of aryl methyl sites for hydroxylation is 1.